The number of hydrogen-bond donors (Lipinski definition) is 1. The molecule has 0 saturated carbocycles. The first kappa shape index (κ1) is 10.2. The molecule has 0 rings (SSSR count). The molecular formula is C7H16ClNO. The third-order valence-corrected chi connectivity index (χ3v) is 1.53. The first-order chi connectivity index (χ1) is 4.81. The van der Waals surface area contributed by atoms with Crippen molar-refractivity contribution in [3.8, 4) is 0 Å². The van der Waals surface area contributed by atoms with E-state index in [9.17, 15) is 0 Å². The molecule has 62 valence electrons. The van der Waals surface area contributed by atoms with Crippen LogP contribution in [-0.4, -0.2) is 32.2 Å². The van der Waals surface area contributed by atoms with E-state index in [1.165, 1.54) is 0 Å². The Hall–Kier alpha value is 0.210. The minimum Gasteiger partial charge on any atom is -0.385 e. The molecule has 10 heavy (non-hydrogen) atoms. The lowest BCUT2D eigenvalue weighted by Gasteiger charge is -2.10. The molecule has 0 aliphatic rings. The number of rotatable bonds is 6. The van der Waals surface area contributed by atoms with Gasteiger partial charge in [0.1, 0.15) is 0 Å². The van der Waals surface area contributed by atoms with Gasteiger partial charge in [0.25, 0.3) is 0 Å². The SMILES string of the molecule is COCCC(C)NCCCl. The summed E-state index contributed by atoms with van der Waals surface area (Å²) in [6, 6.07) is 0.513. The van der Waals surface area contributed by atoms with Crippen molar-refractivity contribution in [2.45, 2.75) is 19.4 Å². The van der Waals surface area contributed by atoms with Gasteiger partial charge in [-0.3, -0.25) is 0 Å². The van der Waals surface area contributed by atoms with E-state index < -0.39 is 0 Å². The van der Waals surface area contributed by atoms with Gasteiger partial charge >= 0.3 is 0 Å². The molecule has 0 heterocycles. The standard InChI is InChI=1S/C7H16ClNO/c1-7(3-6-10-2)9-5-4-8/h7,9H,3-6H2,1-2H3. The van der Waals surface area contributed by atoms with Crippen molar-refractivity contribution in [1.29, 1.82) is 0 Å². The van der Waals surface area contributed by atoms with Crippen LogP contribution in [-0.2, 0) is 4.74 Å². The lowest BCUT2D eigenvalue weighted by Crippen LogP contribution is -2.28. The zero-order valence-corrected chi connectivity index (χ0v) is 7.45. The number of methoxy groups -OCH3 is 1. The van der Waals surface area contributed by atoms with Gasteiger partial charge < -0.3 is 10.1 Å². The van der Waals surface area contributed by atoms with Gasteiger partial charge in [0.05, 0.1) is 0 Å². The van der Waals surface area contributed by atoms with Gasteiger partial charge in [-0.15, -0.1) is 11.6 Å². The molecule has 0 aromatic carbocycles. The van der Waals surface area contributed by atoms with E-state index >= 15 is 0 Å². The van der Waals surface area contributed by atoms with E-state index in [0.717, 1.165) is 19.6 Å². The van der Waals surface area contributed by atoms with Crippen molar-refractivity contribution in [3.05, 3.63) is 0 Å². The number of halogens is 1. The fourth-order valence-corrected chi connectivity index (χ4v) is 0.807. The second-order valence-corrected chi connectivity index (χ2v) is 2.70. The molecule has 0 aliphatic heterocycles. The number of hydrogen-bond acceptors (Lipinski definition) is 2. The molecule has 0 spiro atoms. The summed E-state index contributed by atoms with van der Waals surface area (Å²) in [5.74, 6) is 0.678. The zero-order valence-electron chi connectivity index (χ0n) is 6.69. The molecule has 0 saturated heterocycles. The number of nitrogens with one attached hydrogen (secondary N) is 1. The van der Waals surface area contributed by atoms with E-state index in [4.69, 9.17) is 16.3 Å². The lowest BCUT2D eigenvalue weighted by atomic mass is 10.2. The fourth-order valence-electron chi connectivity index (χ4n) is 0.698. The normalized spacial score (nSPS) is 13.5. The maximum atomic E-state index is 5.49. The molecule has 1 unspecified atom stereocenters. The van der Waals surface area contributed by atoms with E-state index in [0.29, 0.717) is 11.9 Å². The zero-order chi connectivity index (χ0) is 7.82. The summed E-state index contributed by atoms with van der Waals surface area (Å²) in [6.45, 7) is 3.83. The lowest BCUT2D eigenvalue weighted by molar-refractivity contribution is 0.185. The Morgan fingerprint density at radius 1 is 1.60 bits per heavy atom. The van der Waals surface area contributed by atoms with Gasteiger partial charge in [0.2, 0.25) is 0 Å². The van der Waals surface area contributed by atoms with Crippen LogP contribution in [0.5, 0.6) is 0 Å². The van der Waals surface area contributed by atoms with Crippen LogP contribution in [0.15, 0.2) is 0 Å². The second-order valence-electron chi connectivity index (χ2n) is 2.33. The maximum absolute atomic E-state index is 5.49. The fraction of sp³-hybridized carbons (Fsp3) is 1.00. The van der Waals surface area contributed by atoms with Gasteiger partial charge in [0.15, 0.2) is 0 Å². The second kappa shape index (κ2) is 7.32. The summed E-state index contributed by atoms with van der Waals surface area (Å²) >= 11 is 5.49. The summed E-state index contributed by atoms with van der Waals surface area (Å²) in [6.07, 6.45) is 1.05. The first-order valence-electron chi connectivity index (χ1n) is 3.59. The predicted molar refractivity (Wildman–Crippen MR) is 44.7 cm³/mol. The Morgan fingerprint density at radius 3 is 2.80 bits per heavy atom. The van der Waals surface area contributed by atoms with Gasteiger partial charge in [-0.2, -0.15) is 0 Å². The molecule has 0 bridgehead atoms. The van der Waals surface area contributed by atoms with Crippen molar-refractivity contribution in [2.75, 3.05) is 26.1 Å². The van der Waals surface area contributed by atoms with Crippen LogP contribution in [0.1, 0.15) is 13.3 Å². The van der Waals surface area contributed by atoms with Crippen molar-refractivity contribution in [3.63, 3.8) is 0 Å². The molecule has 0 aromatic rings. The Balaban J connectivity index is 3.00. The van der Waals surface area contributed by atoms with Crippen LogP contribution >= 0.6 is 11.6 Å². The Kier molecular flexibility index (Phi) is 7.47. The largest absolute Gasteiger partial charge is 0.385 e. The summed E-state index contributed by atoms with van der Waals surface area (Å²) in [4.78, 5) is 0. The van der Waals surface area contributed by atoms with Gasteiger partial charge in [0, 0.05) is 32.2 Å². The highest BCUT2D eigenvalue weighted by Gasteiger charge is 1.97. The smallest absolute Gasteiger partial charge is 0.0476 e. The highest BCUT2D eigenvalue weighted by molar-refractivity contribution is 6.18. The van der Waals surface area contributed by atoms with Crippen LogP contribution in [0.4, 0.5) is 0 Å². The summed E-state index contributed by atoms with van der Waals surface area (Å²) in [7, 11) is 1.72. The van der Waals surface area contributed by atoms with E-state index in [-0.39, 0.29) is 0 Å². The van der Waals surface area contributed by atoms with Crippen molar-refractivity contribution >= 4 is 11.6 Å². The van der Waals surface area contributed by atoms with E-state index in [1.807, 2.05) is 0 Å². The summed E-state index contributed by atoms with van der Waals surface area (Å²) < 4.78 is 4.92. The highest BCUT2D eigenvalue weighted by Crippen LogP contribution is 1.89. The monoisotopic (exact) mass is 165 g/mol. The molecule has 2 nitrogen and oxygen atoms in total. The first-order valence-corrected chi connectivity index (χ1v) is 4.13. The van der Waals surface area contributed by atoms with Gasteiger partial charge in [-0.05, 0) is 13.3 Å². The number of alkyl halides is 1. The Morgan fingerprint density at radius 2 is 2.30 bits per heavy atom. The van der Waals surface area contributed by atoms with E-state index in [2.05, 4.69) is 12.2 Å². The molecule has 0 aliphatic carbocycles. The van der Waals surface area contributed by atoms with Crippen molar-refractivity contribution in [1.82, 2.24) is 5.32 Å². The van der Waals surface area contributed by atoms with Crippen LogP contribution in [0, 0.1) is 0 Å². The molecule has 0 aromatic heterocycles. The average Bonchev–Trinajstić information content (AvgIpc) is 1.97. The third kappa shape index (κ3) is 6.33. The third-order valence-electron chi connectivity index (χ3n) is 1.34. The molecule has 3 heteroatoms. The van der Waals surface area contributed by atoms with Crippen LogP contribution < -0.4 is 5.32 Å². The topological polar surface area (TPSA) is 21.3 Å². The van der Waals surface area contributed by atoms with Crippen LogP contribution in [0.3, 0.4) is 0 Å². The van der Waals surface area contributed by atoms with E-state index in [1.54, 1.807) is 7.11 Å². The Bertz CT molecular complexity index is 62.6. The Labute approximate surface area is 67.9 Å². The minimum absolute atomic E-state index is 0.513. The summed E-state index contributed by atoms with van der Waals surface area (Å²) in [5, 5.41) is 3.26. The number of ether oxygens (including phenoxy) is 1. The molecule has 1 atom stereocenters. The van der Waals surface area contributed by atoms with Crippen molar-refractivity contribution in [2.24, 2.45) is 0 Å². The molecule has 0 fully saturated rings. The molecular weight excluding hydrogens is 150 g/mol. The molecule has 0 amide bonds. The van der Waals surface area contributed by atoms with Gasteiger partial charge in [-0.1, -0.05) is 0 Å². The van der Waals surface area contributed by atoms with Crippen LogP contribution in [0.25, 0.3) is 0 Å². The van der Waals surface area contributed by atoms with Gasteiger partial charge in [-0.25, -0.2) is 0 Å². The average molecular weight is 166 g/mol. The molecule has 1 N–H and O–H groups in total. The summed E-state index contributed by atoms with van der Waals surface area (Å²) in [5.41, 5.74) is 0. The highest BCUT2D eigenvalue weighted by atomic mass is 35.5. The van der Waals surface area contributed by atoms with Crippen molar-refractivity contribution < 1.29 is 4.74 Å². The minimum atomic E-state index is 0.513. The quantitative estimate of drug-likeness (QED) is 0.598. The molecule has 0 radical (unpaired) electrons. The maximum Gasteiger partial charge on any atom is 0.0476 e. The predicted octanol–water partition coefficient (Wildman–Crippen LogP) is 1.24. The van der Waals surface area contributed by atoms with Crippen LogP contribution in [0.2, 0.25) is 0 Å².